The highest BCUT2D eigenvalue weighted by Crippen LogP contribution is 2.20. The van der Waals surface area contributed by atoms with Crippen molar-refractivity contribution in [2.24, 2.45) is 7.05 Å². The van der Waals surface area contributed by atoms with Gasteiger partial charge in [0, 0.05) is 18.8 Å². The van der Waals surface area contributed by atoms with Crippen molar-refractivity contribution in [1.29, 1.82) is 0 Å². The van der Waals surface area contributed by atoms with Gasteiger partial charge in [0.1, 0.15) is 17.9 Å². The van der Waals surface area contributed by atoms with Gasteiger partial charge in [-0.1, -0.05) is 0 Å². The molecular formula is C16H15N5O2. The van der Waals surface area contributed by atoms with Crippen molar-refractivity contribution in [3.05, 3.63) is 53.9 Å². The summed E-state index contributed by atoms with van der Waals surface area (Å²) in [4.78, 5) is 24.5. The highest BCUT2D eigenvalue weighted by molar-refractivity contribution is 5.91. The Kier molecular flexibility index (Phi) is 3.84. The molecule has 23 heavy (non-hydrogen) atoms. The van der Waals surface area contributed by atoms with Gasteiger partial charge in [-0.15, -0.1) is 0 Å². The molecule has 0 radical (unpaired) electrons. The Bertz CT molecular complexity index is 855. The van der Waals surface area contributed by atoms with Gasteiger partial charge < -0.3 is 4.74 Å². The fourth-order valence-corrected chi connectivity index (χ4v) is 2.09. The third-order valence-electron chi connectivity index (χ3n) is 3.24. The van der Waals surface area contributed by atoms with Gasteiger partial charge in [0.25, 0.3) is 0 Å². The van der Waals surface area contributed by atoms with Gasteiger partial charge in [0.05, 0.1) is 11.3 Å². The van der Waals surface area contributed by atoms with E-state index < -0.39 is 5.97 Å². The van der Waals surface area contributed by atoms with E-state index in [1.54, 1.807) is 56.2 Å². The van der Waals surface area contributed by atoms with Gasteiger partial charge in [-0.3, -0.25) is 4.68 Å². The largest absolute Gasteiger partial charge is 0.423 e. The maximum absolute atomic E-state index is 12.2. The number of aromatic nitrogens is 5. The SMILES string of the molecule is Cc1ncc(C(=O)Oc2ccc(-c3ncn(C)n3)cc2)c(C)n1. The average molecular weight is 309 g/mol. The molecule has 0 aliphatic heterocycles. The lowest BCUT2D eigenvalue weighted by Crippen LogP contribution is -2.12. The van der Waals surface area contributed by atoms with Crippen molar-refractivity contribution in [3.63, 3.8) is 0 Å². The molecule has 2 aromatic heterocycles. The lowest BCUT2D eigenvalue weighted by Gasteiger charge is -2.06. The van der Waals surface area contributed by atoms with Crippen LogP contribution in [0.1, 0.15) is 21.9 Å². The zero-order valence-electron chi connectivity index (χ0n) is 13.0. The van der Waals surface area contributed by atoms with E-state index >= 15 is 0 Å². The zero-order valence-corrected chi connectivity index (χ0v) is 13.0. The van der Waals surface area contributed by atoms with Crippen LogP contribution >= 0.6 is 0 Å². The van der Waals surface area contributed by atoms with E-state index in [2.05, 4.69) is 20.1 Å². The molecule has 1 aromatic carbocycles. The molecule has 7 heteroatoms. The van der Waals surface area contributed by atoms with E-state index in [1.807, 2.05) is 0 Å². The van der Waals surface area contributed by atoms with Crippen LogP contribution in [0.4, 0.5) is 0 Å². The quantitative estimate of drug-likeness (QED) is 0.544. The van der Waals surface area contributed by atoms with Gasteiger partial charge in [-0.25, -0.2) is 19.7 Å². The topological polar surface area (TPSA) is 82.8 Å². The minimum atomic E-state index is -0.480. The zero-order chi connectivity index (χ0) is 16.4. The third-order valence-corrected chi connectivity index (χ3v) is 3.24. The molecule has 0 N–H and O–H groups in total. The van der Waals surface area contributed by atoms with Crippen molar-refractivity contribution in [1.82, 2.24) is 24.7 Å². The second kappa shape index (κ2) is 5.96. The smallest absolute Gasteiger partial charge is 0.346 e. The minimum absolute atomic E-state index is 0.353. The molecule has 0 bridgehead atoms. The van der Waals surface area contributed by atoms with Crippen molar-refractivity contribution in [2.45, 2.75) is 13.8 Å². The Morgan fingerprint density at radius 3 is 2.48 bits per heavy atom. The van der Waals surface area contributed by atoms with Crippen molar-refractivity contribution < 1.29 is 9.53 Å². The van der Waals surface area contributed by atoms with Crippen LogP contribution in [0.2, 0.25) is 0 Å². The summed E-state index contributed by atoms with van der Waals surface area (Å²) in [5.41, 5.74) is 1.79. The van der Waals surface area contributed by atoms with Crippen molar-refractivity contribution in [3.8, 4) is 17.1 Å². The van der Waals surface area contributed by atoms with E-state index in [1.165, 1.54) is 6.20 Å². The molecule has 0 unspecified atom stereocenters. The molecule has 3 aromatic rings. The summed E-state index contributed by atoms with van der Waals surface area (Å²) in [5.74, 6) is 1.19. The molecule has 0 aliphatic carbocycles. The van der Waals surface area contributed by atoms with Crippen LogP contribution in [0.5, 0.6) is 5.75 Å². The molecule has 0 aliphatic rings. The lowest BCUT2D eigenvalue weighted by molar-refractivity contribution is 0.0733. The predicted molar refractivity (Wildman–Crippen MR) is 82.9 cm³/mol. The monoisotopic (exact) mass is 309 g/mol. The number of carbonyl (C=O) groups is 1. The first-order valence-electron chi connectivity index (χ1n) is 7.01. The number of esters is 1. The summed E-state index contributed by atoms with van der Waals surface area (Å²) in [6, 6.07) is 7.01. The molecule has 116 valence electrons. The molecule has 0 saturated carbocycles. The number of hydrogen-bond acceptors (Lipinski definition) is 6. The standard InChI is InChI=1S/C16H15N5O2/c1-10-14(8-17-11(2)19-10)16(22)23-13-6-4-12(5-7-13)15-18-9-21(3)20-15/h4-9H,1-3H3. The Balaban J connectivity index is 1.76. The Morgan fingerprint density at radius 1 is 1.13 bits per heavy atom. The maximum atomic E-state index is 12.2. The van der Waals surface area contributed by atoms with E-state index in [4.69, 9.17) is 4.74 Å². The van der Waals surface area contributed by atoms with Gasteiger partial charge in [-0.2, -0.15) is 5.10 Å². The molecule has 0 fully saturated rings. The molecule has 0 spiro atoms. The van der Waals surface area contributed by atoms with Crippen LogP contribution in [0, 0.1) is 13.8 Å². The molecular weight excluding hydrogens is 294 g/mol. The van der Waals surface area contributed by atoms with Crippen LogP contribution < -0.4 is 4.74 Å². The van der Waals surface area contributed by atoms with Gasteiger partial charge in [-0.05, 0) is 38.1 Å². The lowest BCUT2D eigenvalue weighted by atomic mass is 10.2. The molecule has 3 rings (SSSR count). The molecule has 0 atom stereocenters. The summed E-state index contributed by atoms with van der Waals surface area (Å²) in [6.07, 6.45) is 3.11. The van der Waals surface area contributed by atoms with Crippen LogP contribution in [0.3, 0.4) is 0 Å². The molecule has 0 amide bonds. The van der Waals surface area contributed by atoms with Crippen LogP contribution in [0.15, 0.2) is 36.8 Å². The van der Waals surface area contributed by atoms with E-state index in [9.17, 15) is 4.79 Å². The number of nitrogens with zero attached hydrogens (tertiary/aromatic N) is 5. The van der Waals surface area contributed by atoms with Crippen LogP contribution in [-0.2, 0) is 7.05 Å². The Morgan fingerprint density at radius 2 is 1.87 bits per heavy atom. The number of ether oxygens (including phenoxy) is 1. The summed E-state index contributed by atoms with van der Waals surface area (Å²) < 4.78 is 6.98. The van der Waals surface area contributed by atoms with Gasteiger partial charge >= 0.3 is 5.97 Å². The summed E-state index contributed by atoms with van der Waals surface area (Å²) in [7, 11) is 1.80. The fourth-order valence-electron chi connectivity index (χ4n) is 2.09. The van der Waals surface area contributed by atoms with E-state index in [0.717, 1.165) is 5.56 Å². The summed E-state index contributed by atoms with van der Waals surface area (Å²) in [5, 5.41) is 4.22. The fraction of sp³-hybridized carbons (Fsp3) is 0.188. The molecule has 0 saturated heterocycles. The van der Waals surface area contributed by atoms with Crippen LogP contribution in [-0.4, -0.2) is 30.7 Å². The first kappa shape index (κ1) is 14.8. The predicted octanol–water partition coefficient (Wildman–Crippen LogP) is 2.11. The number of benzene rings is 1. The van der Waals surface area contributed by atoms with E-state index in [-0.39, 0.29) is 0 Å². The highest BCUT2D eigenvalue weighted by atomic mass is 16.5. The number of carbonyl (C=O) groups excluding carboxylic acids is 1. The summed E-state index contributed by atoms with van der Waals surface area (Å²) >= 11 is 0. The van der Waals surface area contributed by atoms with Crippen LogP contribution in [0.25, 0.3) is 11.4 Å². The number of aryl methyl sites for hydroxylation is 3. The number of rotatable bonds is 3. The first-order chi connectivity index (χ1) is 11.0. The van der Waals surface area contributed by atoms with Gasteiger partial charge in [0.15, 0.2) is 5.82 Å². The second-order valence-electron chi connectivity index (χ2n) is 5.07. The molecule has 2 heterocycles. The van der Waals surface area contributed by atoms with Crippen molar-refractivity contribution >= 4 is 5.97 Å². The van der Waals surface area contributed by atoms with Crippen molar-refractivity contribution in [2.75, 3.05) is 0 Å². The van der Waals surface area contributed by atoms with E-state index in [0.29, 0.717) is 28.7 Å². The second-order valence-corrected chi connectivity index (χ2v) is 5.07. The average Bonchev–Trinajstić information content (AvgIpc) is 2.94. The molecule has 7 nitrogen and oxygen atoms in total. The third kappa shape index (κ3) is 3.23. The highest BCUT2D eigenvalue weighted by Gasteiger charge is 2.14. The Hall–Kier alpha value is -3.09. The minimum Gasteiger partial charge on any atom is -0.423 e. The van der Waals surface area contributed by atoms with Gasteiger partial charge in [0.2, 0.25) is 0 Å². The Labute approximate surface area is 133 Å². The first-order valence-corrected chi connectivity index (χ1v) is 7.01. The normalized spacial score (nSPS) is 10.6. The maximum Gasteiger partial charge on any atom is 0.346 e. The summed E-state index contributed by atoms with van der Waals surface area (Å²) in [6.45, 7) is 3.52. The number of hydrogen-bond donors (Lipinski definition) is 0.